The number of rotatable bonds is 3. The summed E-state index contributed by atoms with van der Waals surface area (Å²) in [5.41, 5.74) is 0.590. The Balaban J connectivity index is 2.69. The lowest BCUT2D eigenvalue weighted by Crippen LogP contribution is -2.10. The van der Waals surface area contributed by atoms with Crippen LogP contribution in [0, 0.1) is 0 Å². The zero-order valence-electron chi connectivity index (χ0n) is 7.25. The van der Waals surface area contributed by atoms with E-state index in [0.29, 0.717) is 18.4 Å². The van der Waals surface area contributed by atoms with Crippen LogP contribution in [0.25, 0.3) is 0 Å². The van der Waals surface area contributed by atoms with Crippen LogP contribution >= 0.6 is 0 Å². The Hall–Kier alpha value is -1.17. The largest absolute Gasteiger partial charge is 0.451 e. The number of aryl methyl sites for hydroxylation is 1. The molecule has 0 saturated heterocycles. The first-order valence-electron chi connectivity index (χ1n) is 4.03. The summed E-state index contributed by atoms with van der Waals surface area (Å²) in [5.74, 6) is -1.13. The number of alkyl halides is 3. The molecule has 0 aliphatic heterocycles. The molecule has 0 unspecified atom stereocenters. The fourth-order valence-electron chi connectivity index (χ4n) is 0.913. The fourth-order valence-corrected chi connectivity index (χ4v) is 0.913. The third-order valence-corrected chi connectivity index (χ3v) is 1.58. The lowest BCUT2D eigenvalue weighted by atomic mass is 10.2. The average Bonchev–Trinajstić information content (AvgIpc) is 2.14. The third-order valence-electron chi connectivity index (χ3n) is 1.58. The number of hydrogen-bond acceptors (Lipinski definition) is 3. The molecule has 0 amide bonds. The molecule has 1 heterocycles. The molecule has 0 saturated carbocycles. The van der Waals surface area contributed by atoms with Gasteiger partial charge in [-0.3, -0.25) is 0 Å². The van der Waals surface area contributed by atoms with Crippen LogP contribution in [0.15, 0.2) is 12.4 Å². The molecule has 0 bridgehead atoms. The summed E-state index contributed by atoms with van der Waals surface area (Å²) >= 11 is 0. The molecule has 78 valence electrons. The van der Waals surface area contributed by atoms with Crippen molar-refractivity contribution in [3.63, 3.8) is 0 Å². The number of aliphatic hydroxyl groups is 1. The highest BCUT2D eigenvalue weighted by Gasteiger charge is 2.34. The van der Waals surface area contributed by atoms with Crippen LogP contribution in [0.3, 0.4) is 0 Å². The summed E-state index contributed by atoms with van der Waals surface area (Å²) in [4.78, 5) is 6.37. The Morgan fingerprint density at radius 1 is 1.21 bits per heavy atom. The SMILES string of the molecule is OCCCc1cnc(C(F)(F)F)nc1. The molecule has 1 aromatic heterocycles. The maximum absolute atomic E-state index is 12.0. The van der Waals surface area contributed by atoms with Gasteiger partial charge in [0.15, 0.2) is 0 Å². The van der Waals surface area contributed by atoms with Gasteiger partial charge in [-0.15, -0.1) is 0 Å². The van der Waals surface area contributed by atoms with E-state index < -0.39 is 12.0 Å². The van der Waals surface area contributed by atoms with Crippen molar-refractivity contribution in [2.75, 3.05) is 6.61 Å². The van der Waals surface area contributed by atoms with Gasteiger partial charge in [0.2, 0.25) is 5.82 Å². The molecule has 14 heavy (non-hydrogen) atoms. The molecule has 0 aliphatic carbocycles. The van der Waals surface area contributed by atoms with Crippen molar-refractivity contribution in [1.82, 2.24) is 9.97 Å². The second-order valence-corrected chi connectivity index (χ2v) is 2.74. The van der Waals surface area contributed by atoms with E-state index >= 15 is 0 Å². The summed E-state index contributed by atoms with van der Waals surface area (Å²) in [6.07, 6.45) is -1.25. The second kappa shape index (κ2) is 4.36. The van der Waals surface area contributed by atoms with Crippen LogP contribution in [0.4, 0.5) is 13.2 Å². The Morgan fingerprint density at radius 2 is 1.79 bits per heavy atom. The van der Waals surface area contributed by atoms with E-state index in [1.807, 2.05) is 0 Å². The Morgan fingerprint density at radius 3 is 2.21 bits per heavy atom. The van der Waals surface area contributed by atoms with Crippen molar-refractivity contribution >= 4 is 0 Å². The minimum Gasteiger partial charge on any atom is -0.396 e. The van der Waals surface area contributed by atoms with Crippen molar-refractivity contribution in [2.45, 2.75) is 19.0 Å². The first-order valence-corrected chi connectivity index (χ1v) is 4.03. The maximum atomic E-state index is 12.0. The number of nitrogens with zero attached hydrogens (tertiary/aromatic N) is 2. The van der Waals surface area contributed by atoms with Crippen molar-refractivity contribution < 1.29 is 18.3 Å². The zero-order chi connectivity index (χ0) is 10.6. The monoisotopic (exact) mass is 206 g/mol. The summed E-state index contributed by atoms with van der Waals surface area (Å²) in [6.45, 7) is 0.00101. The average molecular weight is 206 g/mol. The summed E-state index contributed by atoms with van der Waals surface area (Å²) in [7, 11) is 0. The summed E-state index contributed by atoms with van der Waals surface area (Å²) < 4.78 is 36.0. The van der Waals surface area contributed by atoms with Gasteiger partial charge in [-0.05, 0) is 18.4 Å². The van der Waals surface area contributed by atoms with Gasteiger partial charge in [-0.2, -0.15) is 13.2 Å². The molecule has 0 aliphatic rings. The third kappa shape index (κ3) is 2.95. The normalized spacial score (nSPS) is 11.7. The van der Waals surface area contributed by atoms with Gasteiger partial charge < -0.3 is 5.11 Å². The van der Waals surface area contributed by atoms with Crippen molar-refractivity contribution in [3.05, 3.63) is 23.8 Å². The fraction of sp³-hybridized carbons (Fsp3) is 0.500. The topological polar surface area (TPSA) is 46.0 Å². The number of aromatic nitrogens is 2. The first kappa shape index (κ1) is 10.9. The van der Waals surface area contributed by atoms with Crippen molar-refractivity contribution in [2.24, 2.45) is 0 Å². The summed E-state index contributed by atoms with van der Waals surface area (Å²) in [5, 5.41) is 8.49. The predicted octanol–water partition coefficient (Wildman–Crippen LogP) is 1.42. The van der Waals surface area contributed by atoms with Gasteiger partial charge >= 0.3 is 6.18 Å². The predicted molar refractivity (Wildman–Crippen MR) is 42.4 cm³/mol. The van der Waals surface area contributed by atoms with Gasteiger partial charge in [-0.1, -0.05) is 0 Å². The van der Waals surface area contributed by atoms with Crippen LogP contribution in [-0.2, 0) is 12.6 Å². The Bertz CT molecular complexity index is 284. The lowest BCUT2D eigenvalue weighted by Gasteiger charge is -2.04. The van der Waals surface area contributed by atoms with Gasteiger partial charge in [-0.25, -0.2) is 9.97 Å². The Labute approximate surface area is 78.6 Å². The first-order chi connectivity index (χ1) is 6.54. The second-order valence-electron chi connectivity index (χ2n) is 2.74. The van der Waals surface area contributed by atoms with E-state index in [4.69, 9.17) is 5.11 Å². The van der Waals surface area contributed by atoms with Crippen LogP contribution in [0.5, 0.6) is 0 Å². The highest BCUT2D eigenvalue weighted by molar-refractivity contribution is 5.06. The molecule has 1 aromatic rings. The smallest absolute Gasteiger partial charge is 0.396 e. The molecule has 1 N–H and O–H groups in total. The minimum atomic E-state index is -4.49. The van der Waals surface area contributed by atoms with E-state index in [2.05, 4.69) is 9.97 Å². The Kier molecular flexibility index (Phi) is 3.40. The van der Waals surface area contributed by atoms with E-state index in [1.54, 1.807) is 0 Å². The highest BCUT2D eigenvalue weighted by Crippen LogP contribution is 2.25. The van der Waals surface area contributed by atoms with E-state index in [9.17, 15) is 13.2 Å². The molecule has 6 heteroatoms. The molecular formula is C8H9F3N2O. The molecule has 1 rings (SSSR count). The molecule has 0 atom stereocenters. The van der Waals surface area contributed by atoms with Crippen molar-refractivity contribution in [3.8, 4) is 0 Å². The molecule has 0 aromatic carbocycles. The van der Waals surface area contributed by atoms with Crippen LogP contribution in [-0.4, -0.2) is 21.7 Å². The summed E-state index contributed by atoms with van der Waals surface area (Å²) in [6, 6.07) is 0. The van der Waals surface area contributed by atoms with Gasteiger partial charge in [0.25, 0.3) is 0 Å². The molecule has 0 fully saturated rings. The van der Waals surface area contributed by atoms with Gasteiger partial charge in [0.1, 0.15) is 0 Å². The van der Waals surface area contributed by atoms with Crippen LogP contribution < -0.4 is 0 Å². The highest BCUT2D eigenvalue weighted by atomic mass is 19.4. The number of aliphatic hydroxyl groups excluding tert-OH is 1. The van der Waals surface area contributed by atoms with Crippen LogP contribution in [0.1, 0.15) is 17.8 Å². The molecule has 0 spiro atoms. The van der Waals surface area contributed by atoms with Crippen molar-refractivity contribution in [1.29, 1.82) is 0 Å². The number of hydrogen-bond donors (Lipinski definition) is 1. The minimum absolute atomic E-state index is 0.00101. The van der Waals surface area contributed by atoms with Gasteiger partial charge in [0, 0.05) is 19.0 Å². The molecule has 3 nitrogen and oxygen atoms in total. The van der Waals surface area contributed by atoms with Crippen LogP contribution in [0.2, 0.25) is 0 Å². The van der Waals surface area contributed by atoms with E-state index in [1.165, 1.54) is 0 Å². The lowest BCUT2D eigenvalue weighted by molar-refractivity contribution is -0.145. The standard InChI is InChI=1S/C8H9F3N2O/c9-8(10,11)7-12-4-6(5-13-7)2-1-3-14/h4-5,14H,1-3H2. The van der Waals surface area contributed by atoms with E-state index in [-0.39, 0.29) is 6.61 Å². The molecular weight excluding hydrogens is 197 g/mol. The zero-order valence-corrected chi connectivity index (χ0v) is 7.25. The molecule has 0 radical (unpaired) electrons. The van der Waals surface area contributed by atoms with Gasteiger partial charge in [0.05, 0.1) is 0 Å². The number of halogens is 3. The van der Waals surface area contributed by atoms with E-state index in [0.717, 1.165) is 12.4 Å². The quantitative estimate of drug-likeness (QED) is 0.813. The maximum Gasteiger partial charge on any atom is 0.451 e.